The highest BCUT2D eigenvalue weighted by atomic mass is 16.1. The zero-order chi connectivity index (χ0) is 51.9. The molecule has 0 aliphatic carbocycles. The third kappa shape index (κ3) is 10.2. The van der Waals surface area contributed by atoms with Gasteiger partial charge in [-0.25, -0.2) is 0 Å². The Morgan fingerprint density at radius 2 is 0.458 bits per heavy atom. The Labute approximate surface area is 425 Å². The molecule has 0 saturated heterocycles. The lowest BCUT2D eigenvalue weighted by molar-refractivity contribution is 0.111. The summed E-state index contributed by atoms with van der Waals surface area (Å²) in [7, 11) is 0. The van der Waals surface area contributed by atoms with Crippen LogP contribution in [0.15, 0.2) is 109 Å². The number of hydrogen-bond donors (Lipinski definition) is 0. The summed E-state index contributed by atoms with van der Waals surface area (Å²) in [4.78, 5) is 49.7. The van der Waals surface area contributed by atoms with E-state index in [1.807, 2.05) is 84.9 Å². The Balaban J connectivity index is 1.49. The Morgan fingerprint density at radius 3 is 0.639 bits per heavy atom. The number of carbonyl (C=O) groups is 4. The molecule has 8 aromatic rings. The van der Waals surface area contributed by atoms with E-state index < -0.39 is 0 Å². The summed E-state index contributed by atoms with van der Waals surface area (Å²) in [5, 5.41) is 5.28. The first-order chi connectivity index (χ1) is 34.0. The Kier molecular flexibility index (Phi) is 13.3. The molecular formula is C68H58O4. The van der Waals surface area contributed by atoms with Gasteiger partial charge in [0.2, 0.25) is 0 Å². The van der Waals surface area contributed by atoms with E-state index in [0.29, 0.717) is 66.8 Å². The summed E-state index contributed by atoms with van der Waals surface area (Å²) in [5.41, 5.74) is 10.8. The van der Waals surface area contributed by atoms with Gasteiger partial charge >= 0.3 is 0 Å². The molecule has 0 aliphatic rings. The van der Waals surface area contributed by atoms with Crippen molar-refractivity contribution in [3.63, 3.8) is 0 Å². The molecule has 0 unspecified atom stereocenters. The number of hydrogen-bond acceptors (Lipinski definition) is 4. The Bertz CT molecular complexity index is 3320. The van der Waals surface area contributed by atoms with Crippen LogP contribution in [0.5, 0.6) is 0 Å². The van der Waals surface area contributed by atoms with Gasteiger partial charge in [0.15, 0.2) is 25.1 Å². The Hall–Kier alpha value is -8.28. The third-order valence-corrected chi connectivity index (χ3v) is 13.4. The summed E-state index contributed by atoms with van der Waals surface area (Å²) in [6.45, 7) is 25.6. The van der Waals surface area contributed by atoms with E-state index >= 15 is 0 Å². The van der Waals surface area contributed by atoms with Crippen molar-refractivity contribution in [3.8, 4) is 47.4 Å². The van der Waals surface area contributed by atoms with Gasteiger partial charge in [-0.1, -0.05) is 203 Å². The number of benzene rings is 8. The fourth-order valence-electron chi connectivity index (χ4n) is 8.88. The zero-order valence-corrected chi connectivity index (χ0v) is 43.3. The molecule has 0 radical (unpaired) electrons. The summed E-state index contributed by atoms with van der Waals surface area (Å²) in [6, 6.07) is 35.5. The number of rotatable bonds is 4. The highest BCUT2D eigenvalue weighted by molar-refractivity contribution is 6.27. The van der Waals surface area contributed by atoms with Crippen molar-refractivity contribution in [2.75, 3.05) is 0 Å². The van der Waals surface area contributed by atoms with Gasteiger partial charge in [0.05, 0.1) is 0 Å². The van der Waals surface area contributed by atoms with Crippen LogP contribution in [0.25, 0.3) is 32.3 Å². The van der Waals surface area contributed by atoms with Gasteiger partial charge in [-0.2, -0.15) is 0 Å². The van der Waals surface area contributed by atoms with E-state index in [2.05, 4.69) is 155 Å². The van der Waals surface area contributed by atoms with Crippen molar-refractivity contribution in [2.24, 2.45) is 0 Å². The maximum absolute atomic E-state index is 12.4. The van der Waals surface area contributed by atoms with Crippen LogP contribution in [0.1, 0.15) is 191 Å². The second-order valence-corrected chi connectivity index (χ2v) is 22.7. The molecule has 0 aliphatic heterocycles. The van der Waals surface area contributed by atoms with Crippen molar-refractivity contribution >= 4 is 57.5 Å². The second-order valence-electron chi connectivity index (χ2n) is 22.7. The molecule has 8 rings (SSSR count). The van der Waals surface area contributed by atoms with Crippen molar-refractivity contribution in [3.05, 3.63) is 198 Å². The average molecular weight is 939 g/mol. The number of aldehydes is 4. The minimum Gasteiger partial charge on any atom is -0.298 e. The predicted molar refractivity (Wildman–Crippen MR) is 296 cm³/mol. The fourth-order valence-corrected chi connectivity index (χ4v) is 8.88. The standard InChI is InChI=1S/C68H58O4/c1-65(2,3)55-25-21-51(39-69)43(35-55)13-17-47-33-48(18-14-44-36-56(66(4,5)6)26-22-52(44)40-70)60-31-32-62-50(20-16-46-38-58(68(10,11)12)28-24-54(46)42-72)34-49(61-30-29-59(47)63(60)64(61)62)19-15-45-37-57(67(7,8)9)27-23-53(45)41-71/h21-42H,1-12H3. The zero-order valence-electron chi connectivity index (χ0n) is 43.3. The fraction of sp³-hybridized carbons (Fsp3) is 0.235. The van der Waals surface area contributed by atoms with Crippen molar-refractivity contribution < 1.29 is 19.2 Å². The van der Waals surface area contributed by atoms with Gasteiger partial charge < -0.3 is 0 Å². The van der Waals surface area contributed by atoms with Crippen LogP contribution in [0.2, 0.25) is 0 Å². The largest absolute Gasteiger partial charge is 0.298 e. The van der Waals surface area contributed by atoms with E-state index in [1.165, 1.54) is 0 Å². The first kappa shape index (κ1) is 50.1. The summed E-state index contributed by atoms with van der Waals surface area (Å²) in [5.74, 6) is 27.5. The SMILES string of the molecule is CC(C)(C)c1ccc(C=O)c(C#Cc2cc(C#Cc3cc(C(C)(C)C)ccc3C=O)c3ccc4c(C#Cc5cc(C(C)(C)C)ccc5C=O)cc(C#Cc5cc(C(C)(C)C)ccc5C=O)c5ccc2c3c54)c1. The van der Waals surface area contributed by atoms with Gasteiger partial charge in [-0.15, -0.1) is 0 Å². The molecule has 0 bridgehead atoms. The van der Waals surface area contributed by atoms with Gasteiger partial charge in [-0.3, -0.25) is 19.2 Å². The van der Waals surface area contributed by atoms with E-state index in [9.17, 15) is 19.2 Å². The first-order valence-electron chi connectivity index (χ1n) is 24.3. The predicted octanol–water partition coefficient (Wildman–Crippen LogP) is 14.6. The summed E-state index contributed by atoms with van der Waals surface area (Å²) in [6.07, 6.45) is 3.36. The van der Waals surface area contributed by atoms with Gasteiger partial charge in [-0.05, 0) is 113 Å². The van der Waals surface area contributed by atoms with Crippen LogP contribution >= 0.6 is 0 Å². The lowest BCUT2D eigenvalue weighted by Crippen LogP contribution is -2.11. The Morgan fingerprint density at radius 1 is 0.264 bits per heavy atom. The minimum absolute atomic E-state index is 0.173. The summed E-state index contributed by atoms with van der Waals surface area (Å²) >= 11 is 0. The molecule has 0 spiro atoms. The van der Waals surface area contributed by atoms with Crippen LogP contribution < -0.4 is 0 Å². The molecule has 0 amide bonds. The molecule has 0 N–H and O–H groups in total. The lowest BCUT2D eigenvalue weighted by Gasteiger charge is -2.19. The van der Waals surface area contributed by atoms with Crippen molar-refractivity contribution in [2.45, 2.75) is 105 Å². The minimum atomic E-state index is -0.173. The van der Waals surface area contributed by atoms with Crippen LogP contribution in [0.3, 0.4) is 0 Å². The van der Waals surface area contributed by atoms with Crippen LogP contribution in [0, 0.1) is 47.4 Å². The number of carbonyl (C=O) groups excluding carboxylic acids is 4. The highest BCUT2D eigenvalue weighted by Gasteiger charge is 2.21. The van der Waals surface area contributed by atoms with E-state index in [1.54, 1.807) is 0 Å². The van der Waals surface area contributed by atoms with E-state index in [0.717, 1.165) is 79.7 Å². The molecule has 0 saturated carbocycles. The first-order valence-corrected chi connectivity index (χ1v) is 24.3. The maximum atomic E-state index is 12.4. The smallest absolute Gasteiger partial charge is 0.151 e. The van der Waals surface area contributed by atoms with Crippen LogP contribution in [-0.2, 0) is 21.7 Å². The molecule has 4 nitrogen and oxygen atoms in total. The van der Waals surface area contributed by atoms with Gasteiger partial charge in [0, 0.05) is 66.8 Å². The quantitative estimate of drug-likeness (QED) is 0.100. The van der Waals surface area contributed by atoms with Crippen LogP contribution in [-0.4, -0.2) is 25.1 Å². The molecule has 4 heteroatoms. The topological polar surface area (TPSA) is 68.3 Å². The maximum Gasteiger partial charge on any atom is 0.151 e. The molecule has 0 heterocycles. The molecule has 8 aromatic carbocycles. The molecule has 354 valence electrons. The van der Waals surface area contributed by atoms with Crippen molar-refractivity contribution in [1.82, 2.24) is 0 Å². The van der Waals surface area contributed by atoms with Crippen LogP contribution in [0.4, 0.5) is 0 Å². The molecule has 72 heavy (non-hydrogen) atoms. The molecular weight excluding hydrogens is 881 g/mol. The second kappa shape index (κ2) is 19.1. The normalized spacial score (nSPS) is 11.7. The molecule has 0 atom stereocenters. The third-order valence-electron chi connectivity index (χ3n) is 13.4. The molecule has 0 fully saturated rings. The van der Waals surface area contributed by atoms with E-state index in [4.69, 9.17) is 0 Å². The summed E-state index contributed by atoms with van der Waals surface area (Å²) < 4.78 is 0. The monoisotopic (exact) mass is 938 g/mol. The van der Waals surface area contributed by atoms with Gasteiger partial charge in [0.1, 0.15) is 0 Å². The van der Waals surface area contributed by atoms with E-state index in [-0.39, 0.29) is 21.7 Å². The van der Waals surface area contributed by atoms with Crippen molar-refractivity contribution in [1.29, 1.82) is 0 Å². The average Bonchev–Trinajstić information content (AvgIpc) is 3.34. The van der Waals surface area contributed by atoms with Gasteiger partial charge in [0.25, 0.3) is 0 Å². The molecule has 0 aromatic heterocycles. The highest BCUT2D eigenvalue weighted by Crippen LogP contribution is 2.41. The lowest BCUT2D eigenvalue weighted by atomic mass is 9.84.